The highest BCUT2D eigenvalue weighted by Gasteiger charge is 2.14. The molecule has 1 aliphatic rings. The summed E-state index contributed by atoms with van der Waals surface area (Å²) in [7, 11) is 2.13. The highest BCUT2D eigenvalue weighted by Crippen LogP contribution is 2.02. The van der Waals surface area contributed by atoms with E-state index in [2.05, 4.69) is 37.6 Å². The SMILES string of the molecule is CC(C)C1=[N+](C)CC=C1. The van der Waals surface area contributed by atoms with E-state index in [1.807, 2.05) is 0 Å². The van der Waals surface area contributed by atoms with E-state index in [0.717, 1.165) is 6.54 Å². The quantitative estimate of drug-likeness (QED) is 0.463. The van der Waals surface area contributed by atoms with Gasteiger partial charge in [0.25, 0.3) is 0 Å². The average molecular weight is 124 g/mol. The van der Waals surface area contributed by atoms with Crippen molar-refractivity contribution in [3.8, 4) is 0 Å². The standard InChI is InChI=1S/C8H14N/c1-7(2)8-5-4-6-9(8)3/h4-5,7H,6H2,1-3H3/q+1. The van der Waals surface area contributed by atoms with E-state index in [9.17, 15) is 0 Å². The van der Waals surface area contributed by atoms with E-state index in [1.165, 1.54) is 5.71 Å². The molecule has 1 aliphatic heterocycles. The summed E-state index contributed by atoms with van der Waals surface area (Å²) in [6, 6.07) is 0. The van der Waals surface area contributed by atoms with Gasteiger partial charge < -0.3 is 0 Å². The molecule has 0 atom stereocenters. The third-order valence-electron chi connectivity index (χ3n) is 1.70. The van der Waals surface area contributed by atoms with Crippen molar-refractivity contribution in [2.75, 3.05) is 13.6 Å². The molecule has 0 radical (unpaired) electrons. The van der Waals surface area contributed by atoms with E-state index in [-0.39, 0.29) is 0 Å². The van der Waals surface area contributed by atoms with Crippen LogP contribution in [0.3, 0.4) is 0 Å². The molecule has 0 saturated heterocycles. The molecule has 0 saturated carbocycles. The van der Waals surface area contributed by atoms with Gasteiger partial charge in [0, 0.05) is 12.0 Å². The van der Waals surface area contributed by atoms with Crippen LogP contribution in [0.4, 0.5) is 0 Å². The molecule has 0 N–H and O–H groups in total. The summed E-state index contributed by atoms with van der Waals surface area (Å²) in [6.45, 7) is 5.54. The number of likely N-dealkylation sites (N-methyl/N-ethyl adjacent to an activating group) is 1. The van der Waals surface area contributed by atoms with E-state index in [4.69, 9.17) is 0 Å². The summed E-state index contributed by atoms with van der Waals surface area (Å²) in [5.74, 6) is 0.675. The van der Waals surface area contributed by atoms with Crippen molar-refractivity contribution >= 4 is 5.71 Å². The van der Waals surface area contributed by atoms with Crippen molar-refractivity contribution in [2.45, 2.75) is 13.8 Å². The third kappa shape index (κ3) is 1.21. The Hall–Kier alpha value is -0.590. The first-order chi connectivity index (χ1) is 4.22. The molecular weight excluding hydrogens is 110 g/mol. The molecule has 0 spiro atoms. The number of rotatable bonds is 1. The molecule has 1 nitrogen and oxygen atoms in total. The summed E-state index contributed by atoms with van der Waals surface area (Å²) in [6.07, 6.45) is 4.42. The molecule has 1 rings (SSSR count). The zero-order chi connectivity index (χ0) is 6.85. The second kappa shape index (κ2) is 2.34. The maximum atomic E-state index is 2.28. The van der Waals surface area contributed by atoms with Crippen LogP contribution in [-0.4, -0.2) is 23.9 Å². The van der Waals surface area contributed by atoms with Crippen LogP contribution in [0.15, 0.2) is 12.2 Å². The summed E-state index contributed by atoms with van der Waals surface area (Å²) in [5, 5.41) is 0. The first-order valence-electron chi connectivity index (χ1n) is 3.46. The fourth-order valence-corrected chi connectivity index (χ4v) is 1.20. The van der Waals surface area contributed by atoms with Crippen LogP contribution < -0.4 is 0 Å². The minimum absolute atomic E-state index is 0.675. The maximum absolute atomic E-state index is 2.28. The Labute approximate surface area is 56.7 Å². The summed E-state index contributed by atoms with van der Waals surface area (Å²) in [5.41, 5.74) is 1.45. The molecule has 0 aromatic rings. The molecule has 0 unspecified atom stereocenters. The van der Waals surface area contributed by atoms with Crippen LogP contribution in [-0.2, 0) is 0 Å². The van der Waals surface area contributed by atoms with Crippen molar-refractivity contribution in [3.63, 3.8) is 0 Å². The maximum Gasteiger partial charge on any atom is 0.178 e. The van der Waals surface area contributed by atoms with Gasteiger partial charge in [0.2, 0.25) is 0 Å². The van der Waals surface area contributed by atoms with E-state index < -0.39 is 0 Å². The predicted octanol–water partition coefficient (Wildman–Crippen LogP) is 1.30. The fourth-order valence-electron chi connectivity index (χ4n) is 1.20. The molecule has 0 aliphatic carbocycles. The van der Waals surface area contributed by atoms with Gasteiger partial charge in [0.1, 0.15) is 7.05 Å². The lowest BCUT2D eigenvalue weighted by molar-refractivity contribution is -0.484. The Kier molecular flexibility index (Phi) is 1.70. The average Bonchev–Trinajstić information content (AvgIpc) is 2.13. The van der Waals surface area contributed by atoms with Crippen molar-refractivity contribution in [3.05, 3.63) is 12.2 Å². The fraction of sp³-hybridized carbons (Fsp3) is 0.625. The number of hydrogen-bond donors (Lipinski definition) is 0. The van der Waals surface area contributed by atoms with Crippen LogP contribution in [0.2, 0.25) is 0 Å². The molecule has 50 valence electrons. The van der Waals surface area contributed by atoms with Crippen LogP contribution in [0.25, 0.3) is 0 Å². The highest BCUT2D eigenvalue weighted by atomic mass is 15.0. The first kappa shape index (κ1) is 6.53. The van der Waals surface area contributed by atoms with Gasteiger partial charge in [-0.05, 0) is 6.08 Å². The lowest BCUT2D eigenvalue weighted by Crippen LogP contribution is -2.15. The number of nitrogens with zero attached hydrogens (tertiary/aromatic N) is 1. The molecule has 9 heavy (non-hydrogen) atoms. The van der Waals surface area contributed by atoms with E-state index in [0.29, 0.717) is 5.92 Å². The Morgan fingerprint density at radius 1 is 1.56 bits per heavy atom. The lowest BCUT2D eigenvalue weighted by Gasteiger charge is -1.98. The molecule has 1 heteroatoms. The third-order valence-corrected chi connectivity index (χ3v) is 1.70. The van der Waals surface area contributed by atoms with E-state index >= 15 is 0 Å². The molecule has 1 heterocycles. The molecule has 0 aromatic heterocycles. The van der Waals surface area contributed by atoms with Crippen molar-refractivity contribution in [1.82, 2.24) is 0 Å². The van der Waals surface area contributed by atoms with Gasteiger partial charge in [-0.25, -0.2) is 4.58 Å². The Bertz CT molecular complexity index is 163. The van der Waals surface area contributed by atoms with Gasteiger partial charge in [-0.15, -0.1) is 0 Å². The Balaban J connectivity index is 2.77. The van der Waals surface area contributed by atoms with Gasteiger partial charge in [0.15, 0.2) is 12.3 Å². The summed E-state index contributed by atoms with van der Waals surface area (Å²) < 4.78 is 2.28. The number of allylic oxidation sites excluding steroid dienone is 1. The lowest BCUT2D eigenvalue weighted by atomic mass is 10.1. The van der Waals surface area contributed by atoms with Gasteiger partial charge in [0.05, 0.1) is 0 Å². The Morgan fingerprint density at radius 2 is 2.22 bits per heavy atom. The van der Waals surface area contributed by atoms with E-state index in [1.54, 1.807) is 0 Å². The van der Waals surface area contributed by atoms with Crippen molar-refractivity contribution in [2.24, 2.45) is 5.92 Å². The topological polar surface area (TPSA) is 3.01 Å². The van der Waals surface area contributed by atoms with Crippen LogP contribution in [0.5, 0.6) is 0 Å². The first-order valence-corrected chi connectivity index (χ1v) is 3.46. The molecule has 0 amide bonds. The monoisotopic (exact) mass is 124 g/mol. The molecule has 0 aromatic carbocycles. The Morgan fingerprint density at radius 3 is 2.44 bits per heavy atom. The van der Waals surface area contributed by atoms with Gasteiger partial charge in [-0.3, -0.25) is 0 Å². The van der Waals surface area contributed by atoms with Crippen LogP contribution >= 0.6 is 0 Å². The van der Waals surface area contributed by atoms with Gasteiger partial charge in [-0.1, -0.05) is 13.8 Å². The minimum Gasteiger partial charge on any atom is -0.232 e. The molecular formula is C8H14N+. The van der Waals surface area contributed by atoms with Crippen molar-refractivity contribution < 1.29 is 4.58 Å². The zero-order valence-corrected chi connectivity index (χ0v) is 6.39. The smallest absolute Gasteiger partial charge is 0.178 e. The largest absolute Gasteiger partial charge is 0.232 e. The summed E-state index contributed by atoms with van der Waals surface area (Å²) in [4.78, 5) is 0. The van der Waals surface area contributed by atoms with Crippen LogP contribution in [0.1, 0.15) is 13.8 Å². The zero-order valence-electron chi connectivity index (χ0n) is 6.39. The minimum atomic E-state index is 0.675. The highest BCUT2D eigenvalue weighted by molar-refractivity contribution is 5.93. The van der Waals surface area contributed by atoms with Crippen molar-refractivity contribution in [1.29, 1.82) is 0 Å². The summed E-state index contributed by atoms with van der Waals surface area (Å²) >= 11 is 0. The van der Waals surface area contributed by atoms with Gasteiger partial charge in [-0.2, -0.15) is 0 Å². The van der Waals surface area contributed by atoms with Crippen LogP contribution in [0, 0.1) is 5.92 Å². The second-order valence-electron chi connectivity index (χ2n) is 2.86. The molecule has 0 bridgehead atoms. The normalized spacial score (nSPS) is 18.2. The number of hydrogen-bond acceptors (Lipinski definition) is 0. The second-order valence-corrected chi connectivity index (χ2v) is 2.86. The predicted molar refractivity (Wildman–Crippen MR) is 40.0 cm³/mol. The molecule has 0 fully saturated rings. The van der Waals surface area contributed by atoms with Gasteiger partial charge >= 0.3 is 0 Å².